The number of unbranched alkanes of at least 4 members (excludes halogenated alkanes) is 7. The number of carbonyl (C=O) groups is 2. The number of hydrogen-bond donors (Lipinski definition) is 2. The summed E-state index contributed by atoms with van der Waals surface area (Å²) in [5, 5.41) is 11.7. The van der Waals surface area contributed by atoms with E-state index in [4.69, 9.17) is 5.11 Å². The van der Waals surface area contributed by atoms with Gasteiger partial charge >= 0.3 is 5.97 Å². The number of hydrogen-bond acceptors (Lipinski definition) is 3. The van der Waals surface area contributed by atoms with E-state index in [-0.39, 0.29) is 10.8 Å². The van der Waals surface area contributed by atoms with Crippen molar-refractivity contribution in [2.24, 2.45) is 0 Å². The zero-order valence-corrected chi connectivity index (χ0v) is 13.5. The van der Waals surface area contributed by atoms with Gasteiger partial charge in [0.15, 0.2) is 0 Å². The van der Waals surface area contributed by atoms with Crippen LogP contribution in [0.4, 0.5) is 0 Å². The number of nitrogens with one attached hydrogen (secondary N) is 1. The molecule has 0 aromatic carbocycles. The van der Waals surface area contributed by atoms with Crippen LogP contribution in [0.1, 0.15) is 77.6 Å². The fourth-order valence-corrected chi connectivity index (χ4v) is 2.88. The number of carboxylic acids is 1. The lowest BCUT2D eigenvalue weighted by Crippen LogP contribution is -2.23. The second-order valence-corrected chi connectivity index (χ2v) is 6.28. The van der Waals surface area contributed by atoms with E-state index < -0.39 is 5.97 Å². The SMILES string of the molecule is CCCCCCCCCCNC(=O)c1ccc(C(=O)O)s1. The number of aromatic carboxylic acids is 1. The zero-order valence-electron chi connectivity index (χ0n) is 12.7. The Morgan fingerprint density at radius 3 is 2.14 bits per heavy atom. The normalized spacial score (nSPS) is 10.5. The highest BCUT2D eigenvalue weighted by atomic mass is 32.1. The Morgan fingerprint density at radius 1 is 1.00 bits per heavy atom. The lowest BCUT2D eigenvalue weighted by molar-refractivity contribution is 0.0702. The van der Waals surface area contributed by atoms with Crippen LogP contribution in [0.5, 0.6) is 0 Å². The van der Waals surface area contributed by atoms with Crippen LogP contribution in [-0.2, 0) is 0 Å². The van der Waals surface area contributed by atoms with Gasteiger partial charge in [0, 0.05) is 6.54 Å². The number of rotatable bonds is 11. The highest BCUT2D eigenvalue weighted by Crippen LogP contribution is 2.16. The minimum absolute atomic E-state index is 0.171. The van der Waals surface area contributed by atoms with Gasteiger partial charge in [-0.05, 0) is 18.6 Å². The molecular formula is C16H25NO3S. The van der Waals surface area contributed by atoms with Crippen LogP contribution in [0.3, 0.4) is 0 Å². The summed E-state index contributed by atoms with van der Waals surface area (Å²) in [4.78, 5) is 23.2. The topological polar surface area (TPSA) is 66.4 Å². The van der Waals surface area contributed by atoms with Crippen molar-refractivity contribution in [2.45, 2.75) is 58.3 Å². The van der Waals surface area contributed by atoms with E-state index >= 15 is 0 Å². The molecule has 1 aromatic heterocycles. The first-order valence-electron chi connectivity index (χ1n) is 7.76. The van der Waals surface area contributed by atoms with Gasteiger partial charge in [0.1, 0.15) is 4.88 Å². The van der Waals surface area contributed by atoms with Crippen LogP contribution >= 0.6 is 11.3 Å². The molecule has 118 valence electrons. The highest BCUT2D eigenvalue weighted by Gasteiger charge is 2.12. The molecule has 0 atom stereocenters. The Morgan fingerprint density at radius 2 is 1.57 bits per heavy atom. The van der Waals surface area contributed by atoms with Gasteiger partial charge in [0.05, 0.1) is 4.88 Å². The lowest BCUT2D eigenvalue weighted by Gasteiger charge is -2.04. The van der Waals surface area contributed by atoms with Gasteiger partial charge < -0.3 is 10.4 Å². The van der Waals surface area contributed by atoms with Crippen LogP contribution in [0.2, 0.25) is 0 Å². The van der Waals surface area contributed by atoms with Crippen LogP contribution in [-0.4, -0.2) is 23.5 Å². The Balaban J connectivity index is 2.06. The van der Waals surface area contributed by atoms with Gasteiger partial charge in [-0.2, -0.15) is 0 Å². The molecule has 0 aliphatic carbocycles. The summed E-state index contributed by atoms with van der Waals surface area (Å²) in [6.07, 6.45) is 9.87. The number of thiophene rings is 1. The summed E-state index contributed by atoms with van der Waals surface area (Å²) >= 11 is 1.02. The maximum Gasteiger partial charge on any atom is 0.345 e. The first-order chi connectivity index (χ1) is 10.1. The molecule has 4 nitrogen and oxygen atoms in total. The Hall–Kier alpha value is -1.36. The third kappa shape index (κ3) is 7.27. The standard InChI is InChI=1S/C16H25NO3S/c1-2-3-4-5-6-7-8-9-12-17-15(18)13-10-11-14(21-13)16(19)20/h10-11H,2-9,12H2,1H3,(H,17,18)(H,19,20). The third-order valence-corrected chi connectivity index (χ3v) is 4.43. The van der Waals surface area contributed by atoms with Crippen molar-refractivity contribution < 1.29 is 14.7 Å². The molecular weight excluding hydrogens is 286 g/mol. The van der Waals surface area contributed by atoms with Crippen molar-refractivity contribution >= 4 is 23.2 Å². The van der Waals surface area contributed by atoms with Crippen LogP contribution in [0.15, 0.2) is 12.1 Å². The summed E-state index contributed by atoms with van der Waals surface area (Å²) < 4.78 is 0. The third-order valence-electron chi connectivity index (χ3n) is 3.36. The Bertz CT molecular complexity index is 442. The van der Waals surface area contributed by atoms with Gasteiger partial charge in [-0.3, -0.25) is 4.79 Å². The summed E-state index contributed by atoms with van der Waals surface area (Å²) in [6, 6.07) is 3.04. The van der Waals surface area contributed by atoms with E-state index in [2.05, 4.69) is 12.2 Å². The van der Waals surface area contributed by atoms with E-state index in [0.717, 1.165) is 24.2 Å². The lowest BCUT2D eigenvalue weighted by atomic mass is 10.1. The van der Waals surface area contributed by atoms with Crippen LogP contribution in [0, 0.1) is 0 Å². The monoisotopic (exact) mass is 311 g/mol. The Labute approximate surface area is 130 Å². The molecule has 0 unspecified atom stereocenters. The first-order valence-corrected chi connectivity index (χ1v) is 8.58. The maximum absolute atomic E-state index is 11.8. The predicted octanol–water partition coefficient (Wildman–Crippen LogP) is 4.32. The molecule has 0 bridgehead atoms. The van der Waals surface area contributed by atoms with Crippen LogP contribution < -0.4 is 5.32 Å². The second-order valence-electron chi connectivity index (χ2n) is 5.20. The van der Waals surface area contributed by atoms with Crippen LogP contribution in [0.25, 0.3) is 0 Å². The molecule has 21 heavy (non-hydrogen) atoms. The largest absolute Gasteiger partial charge is 0.477 e. The quantitative estimate of drug-likeness (QED) is 0.598. The number of amides is 1. The molecule has 1 heterocycles. The van der Waals surface area contributed by atoms with Gasteiger partial charge in [-0.15, -0.1) is 11.3 Å². The number of carboxylic acid groups (broad SMARTS) is 1. The van der Waals surface area contributed by atoms with Gasteiger partial charge in [-0.1, -0.05) is 51.9 Å². The number of carbonyl (C=O) groups excluding carboxylic acids is 1. The molecule has 1 rings (SSSR count). The summed E-state index contributed by atoms with van der Waals surface area (Å²) in [6.45, 7) is 2.88. The van der Waals surface area contributed by atoms with Crippen molar-refractivity contribution in [2.75, 3.05) is 6.54 Å². The summed E-state index contributed by atoms with van der Waals surface area (Å²) in [7, 11) is 0. The van der Waals surface area contributed by atoms with Crippen molar-refractivity contribution in [1.29, 1.82) is 0 Å². The van der Waals surface area contributed by atoms with Gasteiger partial charge in [0.25, 0.3) is 5.91 Å². The minimum atomic E-state index is -0.984. The predicted molar refractivity (Wildman–Crippen MR) is 86.2 cm³/mol. The highest BCUT2D eigenvalue weighted by molar-refractivity contribution is 7.15. The van der Waals surface area contributed by atoms with E-state index in [0.29, 0.717) is 11.4 Å². The summed E-state index contributed by atoms with van der Waals surface area (Å²) in [5.41, 5.74) is 0. The Kier molecular flexibility index (Phi) is 8.74. The fraction of sp³-hybridized carbons (Fsp3) is 0.625. The maximum atomic E-state index is 11.8. The van der Waals surface area contributed by atoms with Gasteiger partial charge in [0.2, 0.25) is 0 Å². The van der Waals surface area contributed by atoms with E-state index in [1.54, 1.807) is 6.07 Å². The average Bonchev–Trinajstić information content (AvgIpc) is 2.95. The van der Waals surface area contributed by atoms with Crippen molar-refractivity contribution in [3.05, 3.63) is 21.9 Å². The zero-order chi connectivity index (χ0) is 15.5. The second kappa shape index (κ2) is 10.4. The molecule has 2 N–H and O–H groups in total. The van der Waals surface area contributed by atoms with E-state index in [1.165, 1.54) is 44.6 Å². The molecule has 1 aromatic rings. The molecule has 0 aliphatic rings. The molecule has 0 aliphatic heterocycles. The van der Waals surface area contributed by atoms with E-state index in [9.17, 15) is 9.59 Å². The molecule has 1 amide bonds. The smallest absolute Gasteiger partial charge is 0.345 e. The molecule has 0 saturated carbocycles. The molecule has 0 fully saturated rings. The average molecular weight is 311 g/mol. The van der Waals surface area contributed by atoms with Crippen molar-refractivity contribution in [3.8, 4) is 0 Å². The van der Waals surface area contributed by atoms with Crippen molar-refractivity contribution in [1.82, 2.24) is 5.32 Å². The van der Waals surface area contributed by atoms with Crippen molar-refractivity contribution in [3.63, 3.8) is 0 Å². The molecule has 0 saturated heterocycles. The molecule has 0 radical (unpaired) electrons. The van der Waals surface area contributed by atoms with E-state index in [1.807, 2.05) is 0 Å². The first kappa shape index (κ1) is 17.7. The molecule has 5 heteroatoms. The summed E-state index contributed by atoms with van der Waals surface area (Å²) in [5.74, 6) is -1.16. The van der Waals surface area contributed by atoms with Gasteiger partial charge in [-0.25, -0.2) is 4.79 Å². The molecule has 0 spiro atoms. The fourth-order valence-electron chi connectivity index (χ4n) is 2.12. The minimum Gasteiger partial charge on any atom is -0.477 e.